The molecule has 2 aliphatic rings. The number of carbonyl (C=O) groups is 2. The Morgan fingerprint density at radius 3 is 2.88 bits per heavy atom. The molecule has 0 saturated carbocycles. The van der Waals surface area contributed by atoms with Crippen LogP contribution in [0.25, 0.3) is 0 Å². The first-order valence-electron chi connectivity index (χ1n) is 9.94. The van der Waals surface area contributed by atoms with Crippen LogP contribution in [0.15, 0.2) is 42.5 Å². The molecule has 1 aromatic heterocycles. The lowest BCUT2D eigenvalue weighted by molar-refractivity contribution is -0.119. The van der Waals surface area contributed by atoms with Crippen molar-refractivity contribution in [1.29, 1.82) is 0 Å². The van der Waals surface area contributed by atoms with Crippen LogP contribution in [-0.4, -0.2) is 47.9 Å². The van der Waals surface area contributed by atoms with E-state index in [0.717, 1.165) is 5.56 Å². The zero-order valence-corrected chi connectivity index (χ0v) is 18.2. The number of methoxy groups -OCH3 is 1. The number of rotatable bonds is 5. The first kappa shape index (κ1) is 20.4. The van der Waals surface area contributed by atoms with Crippen molar-refractivity contribution in [2.45, 2.75) is 18.6 Å². The van der Waals surface area contributed by atoms with Gasteiger partial charge in [0.25, 0.3) is 5.91 Å². The van der Waals surface area contributed by atoms with Crippen LogP contribution >= 0.6 is 11.3 Å². The number of benzene rings is 2. The van der Waals surface area contributed by atoms with E-state index < -0.39 is 12.0 Å². The molecule has 0 spiro atoms. The summed E-state index contributed by atoms with van der Waals surface area (Å²) in [4.78, 5) is 28.3. The maximum atomic E-state index is 13.6. The van der Waals surface area contributed by atoms with Crippen molar-refractivity contribution in [3.8, 4) is 11.5 Å². The smallest absolute Gasteiger partial charge is 0.254 e. The fourth-order valence-corrected chi connectivity index (χ4v) is 4.85. The summed E-state index contributed by atoms with van der Waals surface area (Å²) in [5.41, 5.74) is 1.94. The Labute approximate surface area is 187 Å². The van der Waals surface area contributed by atoms with Crippen molar-refractivity contribution in [2.24, 2.45) is 0 Å². The number of carbonyl (C=O) groups excluding carboxylic acids is 2. The van der Waals surface area contributed by atoms with Gasteiger partial charge in [-0.2, -0.15) is 0 Å². The zero-order valence-electron chi connectivity index (χ0n) is 17.4. The summed E-state index contributed by atoms with van der Waals surface area (Å²) in [6.45, 7) is 0.461. The molecule has 0 radical (unpaired) electrons. The van der Waals surface area contributed by atoms with Gasteiger partial charge in [0.15, 0.2) is 11.5 Å². The van der Waals surface area contributed by atoms with Crippen LogP contribution in [0.2, 0.25) is 0 Å². The predicted molar refractivity (Wildman–Crippen MR) is 116 cm³/mol. The molecule has 0 fully saturated rings. The lowest BCUT2D eigenvalue weighted by atomic mass is 9.79. The number of hydrogen-bond donors (Lipinski definition) is 1. The molecule has 0 aliphatic carbocycles. The highest BCUT2D eigenvalue weighted by Crippen LogP contribution is 2.45. The maximum Gasteiger partial charge on any atom is 0.254 e. The van der Waals surface area contributed by atoms with E-state index in [-0.39, 0.29) is 18.6 Å². The Balaban J connectivity index is 1.55. The van der Waals surface area contributed by atoms with E-state index in [9.17, 15) is 9.59 Å². The SMILES string of the molecule is COCc1nnc(NC(=O)[C@H]2c3ccccc3C(=O)N(C)[C@H]2c2ccc3c(c2)OCO3)s1. The van der Waals surface area contributed by atoms with Gasteiger partial charge in [0, 0.05) is 19.7 Å². The van der Waals surface area contributed by atoms with Crippen molar-refractivity contribution in [2.75, 3.05) is 26.3 Å². The Morgan fingerprint density at radius 1 is 1.22 bits per heavy atom. The topological polar surface area (TPSA) is 103 Å². The van der Waals surface area contributed by atoms with Crippen LogP contribution in [0, 0.1) is 0 Å². The quantitative estimate of drug-likeness (QED) is 0.635. The summed E-state index contributed by atoms with van der Waals surface area (Å²) < 4.78 is 16.0. The van der Waals surface area contributed by atoms with E-state index in [1.807, 2.05) is 24.3 Å². The Bertz CT molecular complexity index is 1200. The Morgan fingerprint density at radius 2 is 2.03 bits per heavy atom. The van der Waals surface area contributed by atoms with E-state index in [0.29, 0.717) is 39.4 Å². The second kappa shape index (κ2) is 8.21. The minimum Gasteiger partial charge on any atom is -0.454 e. The van der Waals surface area contributed by atoms with E-state index in [1.165, 1.54) is 11.3 Å². The number of nitrogens with zero attached hydrogens (tertiary/aromatic N) is 3. The lowest BCUT2D eigenvalue weighted by Gasteiger charge is -2.39. The molecule has 32 heavy (non-hydrogen) atoms. The monoisotopic (exact) mass is 452 g/mol. The number of hydrogen-bond acceptors (Lipinski definition) is 8. The average molecular weight is 452 g/mol. The minimum absolute atomic E-state index is 0.145. The highest BCUT2D eigenvalue weighted by Gasteiger charge is 2.43. The molecule has 2 amide bonds. The van der Waals surface area contributed by atoms with Crippen LogP contribution in [0.5, 0.6) is 11.5 Å². The molecule has 0 unspecified atom stereocenters. The standard InChI is InChI=1S/C22H20N4O5S/c1-26-19(12-7-8-15-16(9-12)31-11-30-15)18(13-5-3-4-6-14(13)21(26)28)20(27)23-22-25-24-17(32-22)10-29-2/h3-9,18-19H,10-11H2,1-2H3,(H,23,25,27)/t18-,19-/m0/s1. The Kier molecular flexibility index (Phi) is 5.24. The molecule has 9 nitrogen and oxygen atoms in total. The van der Waals surface area contributed by atoms with Gasteiger partial charge in [-0.25, -0.2) is 0 Å². The second-order valence-corrected chi connectivity index (χ2v) is 8.52. The van der Waals surface area contributed by atoms with Crippen LogP contribution in [0.4, 0.5) is 5.13 Å². The third kappa shape index (κ3) is 3.47. The Hall–Kier alpha value is -3.50. The van der Waals surface area contributed by atoms with Crippen molar-refractivity contribution >= 4 is 28.3 Å². The molecule has 3 heterocycles. The molecule has 10 heteroatoms. The average Bonchev–Trinajstić information content (AvgIpc) is 3.45. The number of ether oxygens (including phenoxy) is 3. The highest BCUT2D eigenvalue weighted by atomic mass is 32.1. The van der Waals surface area contributed by atoms with E-state index in [2.05, 4.69) is 15.5 Å². The zero-order chi connectivity index (χ0) is 22.2. The number of fused-ring (bicyclic) bond motifs is 2. The molecule has 2 atom stereocenters. The van der Waals surface area contributed by atoms with Gasteiger partial charge >= 0.3 is 0 Å². The predicted octanol–water partition coefficient (Wildman–Crippen LogP) is 2.96. The first-order chi connectivity index (χ1) is 15.6. The summed E-state index contributed by atoms with van der Waals surface area (Å²) in [6.07, 6.45) is 0. The van der Waals surface area contributed by atoms with Crippen LogP contribution in [0.3, 0.4) is 0 Å². The van der Waals surface area contributed by atoms with Crippen molar-refractivity contribution in [1.82, 2.24) is 15.1 Å². The molecule has 3 aromatic rings. The van der Waals surface area contributed by atoms with Crippen LogP contribution < -0.4 is 14.8 Å². The fourth-order valence-electron chi connectivity index (χ4n) is 4.14. The molecular weight excluding hydrogens is 432 g/mol. The van der Waals surface area contributed by atoms with Gasteiger partial charge in [0.2, 0.25) is 17.8 Å². The van der Waals surface area contributed by atoms with Gasteiger partial charge in [-0.1, -0.05) is 35.6 Å². The van der Waals surface area contributed by atoms with E-state index in [4.69, 9.17) is 14.2 Å². The van der Waals surface area contributed by atoms with Gasteiger partial charge in [-0.3, -0.25) is 14.9 Å². The van der Waals surface area contributed by atoms with Gasteiger partial charge < -0.3 is 19.1 Å². The largest absolute Gasteiger partial charge is 0.454 e. The van der Waals surface area contributed by atoms with E-state index in [1.54, 1.807) is 37.3 Å². The summed E-state index contributed by atoms with van der Waals surface area (Å²) in [5.74, 6) is 0.142. The van der Waals surface area contributed by atoms with Crippen molar-refractivity contribution < 1.29 is 23.8 Å². The third-order valence-corrected chi connectivity index (χ3v) is 6.38. The number of aromatic nitrogens is 2. The van der Waals surface area contributed by atoms with Crippen LogP contribution in [0.1, 0.15) is 38.5 Å². The van der Waals surface area contributed by atoms with Gasteiger partial charge in [-0.05, 0) is 29.3 Å². The van der Waals surface area contributed by atoms with Crippen molar-refractivity contribution in [3.05, 3.63) is 64.2 Å². The minimum atomic E-state index is -0.663. The molecule has 0 saturated heterocycles. The summed E-state index contributed by atoms with van der Waals surface area (Å²) >= 11 is 1.25. The number of anilines is 1. The highest BCUT2D eigenvalue weighted by molar-refractivity contribution is 7.15. The molecule has 0 bridgehead atoms. The summed E-state index contributed by atoms with van der Waals surface area (Å²) in [5, 5.41) is 12.0. The molecule has 2 aliphatic heterocycles. The summed E-state index contributed by atoms with van der Waals surface area (Å²) in [6, 6.07) is 12.1. The normalized spacial score (nSPS) is 19.1. The molecule has 2 aromatic carbocycles. The third-order valence-electron chi connectivity index (χ3n) is 5.57. The molecule has 5 rings (SSSR count). The van der Waals surface area contributed by atoms with Gasteiger partial charge in [0.1, 0.15) is 11.6 Å². The number of amides is 2. The fraction of sp³-hybridized carbons (Fsp3) is 0.273. The number of nitrogens with one attached hydrogen (secondary N) is 1. The maximum absolute atomic E-state index is 13.6. The molecular formula is C22H20N4O5S. The van der Waals surface area contributed by atoms with E-state index >= 15 is 0 Å². The lowest BCUT2D eigenvalue weighted by Crippen LogP contribution is -2.44. The summed E-state index contributed by atoms with van der Waals surface area (Å²) in [7, 11) is 3.27. The molecule has 164 valence electrons. The van der Waals surface area contributed by atoms with Gasteiger partial charge in [0.05, 0.1) is 12.0 Å². The first-order valence-corrected chi connectivity index (χ1v) is 10.8. The van der Waals surface area contributed by atoms with Gasteiger partial charge in [-0.15, -0.1) is 10.2 Å². The van der Waals surface area contributed by atoms with Crippen LogP contribution in [-0.2, 0) is 16.1 Å². The number of likely N-dealkylation sites (N-methyl/N-ethyl adjacent to an activating group) is 1. The molecule has 1 N–H and O–H groups in total. The van der Waals surface area contributed by atoms with Crippen molar-refractivity contribution in [3.63, 3.8) is 0 Å². The second-order valence-electron chi connectivity index (χ2n) is 7.46.